The fourth-order valence-corrected chi connectivity index (χ4v) is 1.28. The molecule has 1 aromatic rings. The molecule has 0 aromatic carbocycles. The first-order valence-electron chi connectivity index (χ1n) is 5.26. The summed E-state index contributed by atoms with van der Waals surface area (Å²) >= 11 is 0. The first kappa shape index (κ1) is 12.6. The van der Waals surface area contributed by atoms with Gasteiger partial charge in [-0.1, -0.05) is 13.8 Å². The van der Waals surface area contributed by atoms with Gasteiger partial charge in [-0.3, -0.25) is 0 Å². The van der Waals surface area contributed by atoms with Crippen LogP contribution in [0.25, 0.3) is 0 Å². The van der Waals surface area contributed by atoms with Crippen molar-refractivity contribution in [1.82, 2.24) is 4.98 Å². The molecule has 4 N–H and O–H groups in total. The maximum absolute atomic E-state index is 9.21. The lowest BCUT2D eigenvalue weighted by molar-refractivity contribution is 0.249. The zero-order chi connectivity index (χ0) is 12.1. The van der Waals surface area contributed by atoms with E-state index in [1.54, 1.807) is 19.2 Å². The summed E-state index contributed by atoms with van der Waals surface area (Å²) in [5.74, 6) is 1.33. The number of hydrogen-bond donors (Lipinski definition) is 3. The first-order chi connectivity index (χ1) is 7.58. The van der Waals surface area contributed by atoms with Crippen molar-refractivity contribution in [2.45, 2.75) is 19.9 Å². The highest BCUT2D eigenvalue weighted by atomic mass is 16.5. The molecule has 0 bridgehead atoms. The van der Waals surface area contributed by atoms with Crippen LogP contribution >= 0.6 is 0 Å². The van der Waals surface area contributed by atoms with Crippen molar-refractivity contribution in [3.05, 3.63) is 12.1 Å². The highest BCUT2D eigenvalue weighted by molar-refractivity contribution is 5.62. The van der Waals surface area contributed by atoms with Gasteiger partial charge in [0.25, 0.3) is 0 Å². The summed E-state index contributed by atoms with van der Waals surface area (Å²) in [6.45, 7) is 4.07. The molecule has 0 aliphatic carbocycles. The fraction of sp³-hybridized carbons (Fsp3) is 0.545. The van der Waals surface area contributed by atoms with Gasteiger partial charge in [-0.2, -0.15) is 4.98 Å². The minimum atomic E-state index is -0.0677. The second-order valence-electron chi connectivity index (χ2n) is 3.97. The van der Waals surface area contributed by atoms with Crippen molar-refractivity contribution in [2.75, 3.05) is 24.8 Å². The molecule has 1 unspecified atom stereocenters. The van der Waals surface area contributed by atoms with Crippen LogP contribution in [0, 0.1) is 5.92 Å². The molecule has 0 saturated heterocycles. The number of ether oxygens (including phenoxy) is 1. The van der Waals surface area contributed by atoms with Gasteiger partial charge in [0.1, 0.15) is 0 Å². The molecule has 0 fully saturated rings. The van der Waals surface area contributed by atoms with E-state index in [0.29, 0.717) is 17.4 Å². The number of aromatic nitrogens is 1. The lowest BCUT2D eigenvalue weighted by Crippen LogP contribution is -2.30. The Morgan fingerprint density at radius 3 is 2.69 bits per heavy atom. The summed E-state index contributed by atoms with van der Waals surface area (Å²) in [6, 6.07) is 3.36. The number of hydrogen-bond acceptors (Lipinski definition) is 5. The van der Waals surface area contributed by atoms with E-state index in [1.807, 2.05) is 13.8 Å². The van der Waals surface area contributed by atoms with Gasteiger partial charge in [0, 0.05) is 6.07 Å². The molecule has 0 radical (unpaired) electrons. The van der Waals surface area contributed by atoms with E-state index in [4.69, 9.17) is 10.5 Å². The largest absolute Gasteiger partial charge is 0.481 e. The molecule has 1 rings (SSSR count). The Kier molecular flexibility index (Phi) is 4.37. The highest BCUT2D eigenvalue weighted by Gasteiger charge is 2.14. The van der Waals surface area contributed by atoms with E-state index in [2.05, 4.69) is 10.3 Å². The van der Waals surface area contributed by atoms with E-state index in [-0.39, 0.29) is 18.6 Å². The quantitative estimate of drug-likeness (QED) is 0.699. The summed E-state index contributed by atoms with van der Waals surface area (Å²) < 4.78 is 5.02. The van der Waals surface area contributed by atoms with E-state index >= 15 is 0 Å². The van der Waals surface area contributed by atoms with Crippen molar-refractivity contribution in [3.8, 4) is 5.88 Å². The molecule has 1 aromatic heterocycles. The van der Waals surface area contributed by atoms with Crippen LogP contribution in [0.1, 0.15) is 13.8 Å². The van der Waals surface area contributed by atoms with Crippen LogP contribution in [-0.4, -0.2) is 29.8 Å². The predicted molar refractivity (Wildman–Crippen MR) is 64.5 cm³/mol. The number of pyridine rings is 1. The van der Waals surface area contributed by atoms with Crippen LogP contribution in [0.3, 0.4) is 0 Å². The van der Waals surface area contributed by atoms with Crippen LogP contribution < -0.4 is 15.8 Å². The topological polar surface area (TPSA) is 80.4 Å². The van der Waals surface area contributed by atoms with Gasteiger partial charge in [0.05, 0.1) is 25.4 Å². The van der Waals surface area contributed by atoms with E-state index in [9.17, 15) is 5.11 Å². The van der Waals surface area contributed by atoms with E-state index in [0.717, 1.165) is 0 Å². The van der Waals surface area contributed by atoms with Gasteiger partial charge in [0.2, 0.25) is 5.88 Å². The number of nitrogens with zero attached hydrogens (tertiary/aromatic N) is 1. The highest BCUT2D eigenvalue weighted by Crippen LogP contribution is 2.21. The normalized spacial score (nSPS) is 12.6. The van der Waals surface area contributed by atoms with E-state index < -0.39 is 0 Å². The Morgan fingerprint density at radius 2 is 2.19 bits per heavy atom. The Balaban J connectivity index is 2.86. The van der Waals surface area contributed by atoms with Gasteiger partial charge in [-0.15, -0.1) is 0 Å². The fourth-order valence-electron chi connectivity index (χ4n) is 1.28. The minimum absolute atomic E-state index is 0.0377. The van der Waals surface area contributed by atoms with Gasteiger partial charge in [-0.05, 0) is 12.0 Å². The molecule has 1 heterocycles. The molecular formula is C11H19N3O2. The Hall–Kier alpha value is -1.49. The van der Waals surface area contributed by atoms with Crippen molar-refractivity contribution in [3.63, 3.8) is 0 Å². The number of methoxy groups -OCH3 is 1. The van der Waals surface area contributed by atoms with Gasteiger partial charge in [0.15, 0.2) is 5.82 Å². The molecule has 0 amide bonds. The SMILES string of the molecule is COc1ccc(N)c(NC(CO)C(C)C)n1. The molecule has 90 valence electrons. The molecule has 16 heavy (non-hydrogen) atoms. The zero-order valence-corrected chi connectivity index (χ0v) is 9.90. The third kappa shape index (κ3) is 3.00. The van der Waals surface area contributed by atoms with Gasteiger partial charge >= 0.3 is 0 Å². The van der Waals surface area contributed by atoms with Crippen molar-refractivity contribution < 1.29 is 9.84 Å². The molecular weight excluding hydrogens is 206 g/mol. The third-order valence-corrected chi connectivity index (χ3v) is 2.43. The lowest BCUT2D eigenvalue weighted by atomic mass is 10.1. The number of aliphatic hydroxyl groups excluding tert-OH is 1. The Labute approximate surface area is 95.6 Å². The first-order valence-corrected chi connectivity index (χ1v) is 5.26. The Morgan fingerprint density at radius 1 is 1.50 bits per heavy atom. The van der Waals surface area contributed by atoms with Crippen LogP contribution in [0.2, 0.25) is 0 Å². The molecule has 0 spiro atoms. The second kappa shape index (κ2) is 5.55. The molecule has 0 aliphatic heterocycles. The molecule has 5 heteroatoms. The number of anilines is 2. The van der Waals surface area contributed by atoms with Crippen LogP contribution in [0.4, 0.5) is 11.5 Å². The number of rotatable bonds is 5. The zero-order valence-electron chi connectivity index (χ0n) is 9.90. The monoisotopic (exact) mass is 225 g/mol. The Bertz CT molecular complexity index is 342. The van der Waals surface area contributed by atoms with Crippen LogP contribution in [-0.2, 0) is 0 Å². The average molecular weight is 225 g/mol. The number of aliphatic hydroxyl groups is 1. The van der Waals surface area contributed by atoms with Crippen LogP contribution in [0.15, 0.2) is 12.1 Å². The van der Waals surface area contributed by atoms with E-state index in [1.165, 1.54) is 0 Å². The van der Waals surface area contributed by atoms with Crippen molar-refractivity contribution >= 4 is 11.5 Å². The average Bonchev–Trinajstić information content (AvgIpc) is 2.27. The number of nitrogen functional groups attached to an aromatic ring is 1. The standard InChI is InChI=1S/C11H19N3O2/c1-7(2)9(6-15)13-11-8(12)4-5-10(14-11)16-3/h4-5,7,9,15H,6,12H2,1-3H3,(H,13,14). The molecule has 0 aliphatic rings. The summed E-state index contributed by atoms with van der Waals surface area (Å²) in [6.07, 6.45) is 0. The number of nitrogens with two attached hydrogens (primary N) is 1. The summed E-state index contributed by atoms with van der Waals surface area (Å²) in [4.78, 5) is 4.19. The summed E-state index contributed by atoms with van der Waals surface area (Å²) in [7, 11) is 1.55. The van der Waals surface area contributed by atoms with Gasteiger partial charge < -0.3 is 20.9 Å². The van der Waals surface area contributed by atoms with Crippen LogP contribution in [0.5, 0.6) is 5.88 Å². The lowest BCUT2D eigenvalue weighted by Gasteiger charge is -2.21. The number of nitrogens with one attached hydrogen (secondary N) is 1. The molecule has 1 atom stereocenters. The van der Waals surface area contributed by atoms with Gasteiger partial charge in [-0.25, -0.2) is 0 Å². The second-order valence-corrected chi connectivity index (χ2v) is 3.97. The smallest absolute Gasteiger partial charge is 0.215 e. The predicted octanol–water partition coefficient (Wildman–Crippen LogP) is 1.10. The summed E-state index contributed by atoms with van der Waals surface area (Å²) in [5, 5.41) is 12.3. The molecule has 5 nitrogen and oxygen atoms in total. The maximum Gasteiger partial charge on any atom is 0.215 e. The van der Waals surface area contributed by atoms with Crippen molar-refractivity contribution in [1.29, 1.82) is 0 Å². The molecule has 0 saturated carbocycles. The maximum atomic E-state index is 9.21. The minimum Gasteiger partial charge on any atom is -0.481 e. The van der Waals surface area contributed by atoms with Crippen molar-refractivity contribution in [2.24, 2.45) is 5.92 Å². The third-order valence-electron chi connectivity index (χ3n) is 2.43. The summed E-state index contributed by atoms with van der Waals surface area (Å²) in [5.41, 5.74) is 6.33.